The van der Waals surface area contributed by atoms with E-state index >= 15 is 0 Å². The van der Waals surface area contributed by atoms with E-state index in [0.717, 1.165) is 49.2 Å². The van der Waals surface area contributed by atoms with Crippen LogP contribution in [0.3, 0.4) is 0 Å². The topological polar surface area (TPSA) is 40.5 Å². The number of Topliss-reactive ketones (excluding diaryl/α,β-unsaturated/α-hetero) is 1. The molecule has 136 valence electrons. The minimum atomic E-state index is -0.738. The van der Waals surface area contributed by atoms with Gasteiger partial charge in [0.15, 0.2) is 5.78 Å². The zero-order valence-electron chi connectivity index (χ0n) is 14.8. The predicted octanol–water partition coefficient (Wildman–Crippen LogP) is 4.07. The van der Waals surface area contributed by atoms with Gasteiger partial charge in [-0.15, -0.1) is 0 Å². The van der Waals surface area contributed by atoms with Crippen molar-refractivity contribution >= 4 is 17.4 Å². The molecule has 26 heavy (non-hydrogen) atoms. The van der Waals surface area contributed by atoms with E-state index < -0.39 is 5.60 Å². The van der Waals surface area contributed by atoms with Crippen LogP contribution in [0.25, 0.3) is 0 Å². The number of carbonyl (C=O) groups is 1. The minimum absolute atomic E-state index is 0.0478. The summed E-state index contributed by atoms with van der Waals surface area (Å²) in [4.78, 5) is 15.2. The van der Waals surface area contributed by atoms with E-state index in [1.54, 1.807) is 0 Å². The molecule has 2 aliphatic rings. The van der Waals surface area contributed by atoms with Crippen LogP contribution in [0.5, 0.6) is 0 Å². The lowest BCUT2D eigenvalue weighted by molar-refractivity contribution is -0.0283. The van der Waals surface area contributed by atoms with Crippen LogP contribution in [0, 0.1) is 5.92 Å². The van der Waals surface area contributed by atoms with Gasteiger partial charge in [-0.05, 0) is 55.0 Å². The lowest BCUT2D eigenvalue weighted by Crippen LogP contribution is -2.45. The molecule has 0 bridgehead atoms. The Morgan fingerprint density at radius 3 is 2.58 bits per heavy atom. The number of hydrogen-bond donors (Lipinski definition) is 1. The molecule has 0 saturated carbocycles. The summed E-state index contributed by atoms with van der Waals surface area (Å²) in [7, 11) is 0. The van der Waals surface area contributed by atoms with Gasteiger partial charge in [0, 0.05) is 36.1 Å². The van der Waals surface area contributed by atoms with Crippen molar-refractivity contribution in [3.63, 3.8) is 0 Å². The number of ketones is 1. The Bertz CT molecular complexity index is 797. The number of rotatable bonds is 3. The molecule has 1 heterocycles. The zero-order chi connectivity index (χ0) is 18.1. The van der Waals surface area contributed by atoms with Gasteiger partial charge in [-0.2, -0.15) is 0 Å². The number of aryl methyl sites for hydroxylation is 1. The third-order valence-corrected chi connectivity index (χ3v) is 6.17. The first-order valence-corrected chi connectivity index (χ1v) is 9.76. The number of halogens is 1. The Hall–Kier alpha value is -1.68. The first kappa shape index (κ1) is 17.7. The molecule has 1 atom stereocenters. The predicted molar refractivity (Wildman–Crippen MR) is 104 cm³/mol. The zero-order valence-corrected chi connectivity index (χ0v) is 15.6. The first-order chi connectivity index (χ1) is 12.5. The van der Waals surface area contributed by atoms with Gasteiger partial charge in [0.2, 0.25) is 0 Å². The normalized spacial score (nSPS) is 22.8. The van der Waals surface area contributed by atoms with Gasteiger partial charge in [0.25, 0.3) is 0 Å². The number of benzene rings is 2. The molecule has 1 unspecified atom stereocenters. The average molecular weight is 370 g/mol. The first-order valence-electron chi connectivity index (χ1n) is 9.38. The third-order valence-electron chi connectivity index (χ3n) is 5.94. The van der Waals surface area contributed by atoms with Crippen molar-refractivity contribution in [1.29, 1.82) is 0 Å². The van der Waals surface area contributed by atoms with Gasteiger partial charge < -0.3 is 10.0 Å². The van der Waals surface area contributed by atoms with E-state index in [9.17, 15) is 9.90 Å². The maximum absolute atomic E-state index is 12.8. The molecule has 0 spiro atoms. The van der Waals surface area contributed by atoms with E-state index in [1.807, 2.05) is 48.5 Å². The third kappa shape index (κ3) is 3.44. The fourth-order valence-electron chi connectivity index (χ4n) is 4.32. The van der Waals surface area contributed by atoms with E-state index in [4.69, 9.17) is 11.6 Å². The number of aliphatic hydroxyl groups is 1. The Kier molecular flexibility index (Phi) is 4.87. The summed E-state index contributed by atoms with van der Waals surface area (Å²) in [6, 6.07) is 15.5. The van der Waals surface area contributed by atoms with Crippen LogP contribution in [0.1, 0.15) is 40.7 Å². The van der Waals surface area contributed by atoms with Crippen molar-refractivity contribution in [1.82, 2.24) is 4.90 Å². The van der Waals surface area contributed by atoms with E-state index in [1.165, 1.54) is 0 Å². The van der Waals surface area contributed by atoms with Crippen molar-refractivity contribution in [2.24, 2.45) is 5.92 Å². The number of hydrogen-bond acceptors (Lipinski definition) is 3. The molecule has 2 aromatic carbocycles. The molecule has 0 aromatic heterocycles. The standard InChI is InChI=1S/C22H24ClNO2/c23-19-8-9-20-16(14-19)6-7-17(21(20)25)15-24-12-10-22(26,11-13-24)18-4-2-1-3-5-18/h1-5,8-9,14,17,26H,6-7,10-13,15H2. The molecular formula is C22H24ClNO2. The lowest BCUT2D eigenvalue weighted by atomic mass is 9.81. The maximum Gasteiger partial charge on any atom is 0.167 e. The van der Waals surface area contributed by atoms with Crippen molar-refractivity contribution in [2.45, 2.75) is 31.3 Å². The average Bonchev–Trinajstić information content (AvgIpc) is 2.66. The van der Waals surface area contributed by atoms with Crippen LogP contribution in [0.2, 0.25) is 5.02 Å². The van der Waals surface area contributed by atoms with Crippen LogP contribution in [-0.2, 0) is 12.0 Å². The van der Waals surface area contributed by atoms with Crippen LogP contribution in [-0.4, -0.2) is 35.4 Å². The van der Waals surface area contributed by atoms with Crippen LogP contribution < -0.4 is 0 Å². The van der Waals surface area contributed by atoms with E-state index in [2.05, 4.69) is 4.90 Å². The fraction of sp³-hybridized carbons (Fsp3) is 0.409. The number of carbonyl (C=O) groups excluding carboxylic acids is 1. The molecule has 1 N–H and O–H groups in total. The van der Waals surface area contributed by atoms with Crippen LogP contribution >= 0.6 is 11.6 Å². The second kappa shape index (κ2) is 7.15. The highest BCUT2D eigenvalue weighted by Crippen LogP contribution is 2.34. The number of piperidine rings is 1. The van der Waals surface area contributed by atoms with Gasteiger partial charge >= 0.3 is 0 Å². The summed E-state index contributed by atoms with van der Waals surface area (Å²) in [6.07, 6.45) is 3.22. The quantitative estimate of drug-likeness (QED) is 0.886. The Morgan fingerprint density at radius 1 is 1.12 bits per heavy atom. The van der Waals surface area contributed by atoms with Gasteiger partial charge in [-0.3, -0.25) is 4.79 Å². The molecular weight excluding hydrogens is 346 g/mol. The van der Waals surface area contributed by atoms with Crippen molar-refractivity contribution in [3.05, 3.63) is 70.2 Å². The monoisotopic (exact) mass is 369 g/mol. The molecule has 1 saturated heterocycles. The minimum Gasteiger partial charge on any atom is -0.385 e. The number of likely N-dealkylation sites (tertiary alicyclic amines) is 1. The second-order valence-corrected chi connectivity index (χ2v) is 8.04. The second-order valence-electron chi connectivity index (χ2n) is 7.60. The molecule has 3 nitrogen and oxygen atoms in total. The lowest BCUT2D eigenvalue weighted by Gasteiger charge is -2.40. The molecule has 0 amide bonds. The van der Waals surface area contributed by atoms with Gasteiger partial charge in [-0.25, -0.2) is 0 Å². The molecule has 2 aromatic rings. The Balaban J connectivity index is 1.39. The van der Waals surface area contributed by atoms with Crippen molar-refractivity contribution in [2.75, 3.05) is 19.6 Å². The Labute approximate surface area is 159 Å². The highest BCUT2D eigenvalue weighted by Gasteiger charge is 2.36. The maximum atomic E-state index is 12.8. The summed E-state index contributed by atoms with van der Waals surface area (Å²) in [5.41, 5.74) is 2.18. The van der Waals surface area contributed by atoms with Gasteiger partial charge in [0.05, 0.1) is 5.60 Å². The molecule has 0 radical (unpaired) electrons. The van der Waals surface area contributed by atoms with E-state index in [0.29, 0.717) is 17.9 Å². The van der Waals surface area contributed by atoms with Crippen LogP contribution in [0.15, 0.2) is 48.5 Å². The molecule has 1 aliphatic carbocycles. The summed E-state index contributed by atoms with van der Waals surface area (Å²) in [6.45, 7) is 2.43. The largest absolute Gasteiger partial charge is 0.385 e. The summed E-state index contributed by atoms with van der Waals surface area (Å²) in [5, 5.41) is 11.7. The summed E-state index contributed by atoms with van der Waals surface area (Å²) < 4.78 is 0. The summed E-state index contributed by atoms with van der Waals surface area (Å²) in [5.74, 6) is 0.290. The molecule has 4 rings (SSSR count). The molecule has 4 heteroatoms. The Morgan fingerprint density at radius 2 is 1.85 bits per heavy atom. The van der Waals surface area contributed by atoms with Gasteiger partial charge in [0.1, 0.15) is 0 Å². The number of nitrogens with zero attached hydrogens (tertiary/aromatic N) is 1. The van der Waals surface area contributed by atoms with Gasteiger partial charge in [-0.1, -0.05) is 41.9 Å². The van der Waals surface area contributed by atoms with E-state index in [-0.39, 0.29) is 11.7 Å². The van der Waals surface area contributed by atoms with Crippen LogP contribution in [0.4, 0.5) is 0 Å². The van der Waals surface area contributed by atoms with Crippen molar-refractivity contribution < 1.29 is 9.90 Å². The molecule has 1 aliphatic heterocycles. The number of fused-ring (bicyclic) bond motifs is 1. The highest BCUT2D eigenvalue weighted by atomic mass is 35.5. The fourth-order valence-corrected chi connectivity index (χ4v) is 4.51. The molecule has 1 fully saturated rings. The SMILES string of the molecule is O=C1c2ccc(Cl)cc2CCC1CN1CCC(O)(c2ccccc2)CC1. The highest BCUT2D eigenvalue weighted by molar-refractivity contribution is 6.30. The summed E-state index contributed by atoms with van der Waals surface area (Å²) >= 11 is 6.05. The van der Waals surface area contributed by atoms with Crippen molar-refractivity contribution in [3.8, 4) is 0 Å². The smallest absolute Gasteiger partial charge is 0.167 e.